The molecule has 1 aromatic rings. The van der Waals surface area contributed by atoms with Crippen molar-refractivity contribution in [2.24, 2.45) is 0 Å². The smallest absolute Gasteiger partial charge is 0.152 e. The number of hydrogen-bond acceptors (Lipinski definition) is 4. The van der Waals surface area contributed by atoms with Gasteiger partial charge in [-0.2, -0.15) is 5.26 Å². The largest absolute Gasteiger partial charge is 0.348 e. The summed E-state index contributed by atoms with van der Waals surface area (Å²) in [4.78, 5) is 17.6. The zero-order valence-electron chi connectivity index (χ0n) is 9.23. The number of aromatic nitrogens is 1. The molecule has 2 heterocycles. The van der Waals surface area contributed by atoms with Crippen molar-refractivity contribution in [3.8, 4) is 6.07 Å². The van der Waals surface area contributed by atoms with Crippen LogP contribution >= 0.6 is 0 Å². The number of anilines is 1. The molecule has 16 heavy (non-hydrogen) atoms. The number of carbonyl (C=O) groups excluding carboxylic acids is 1. The Hall–Kier alpha value is -1.89. The highest BCUT2D eigenvalue weighted by Crippen LogP contribution is 2.20. The van der Waals surface area contributed by atoms with Gasteiger partial charge in [0.1, 0.15) is 11.9 Å². The number of pyridine rings is 1. The van der Waals surface area contributed by atoms with Crippen molar-refractivity contribution in [3.05, 3.63) is 23.4 Å². The van der Waals surface area contributed by atoms with Crippen LogP contribution in [-0.2, 0) is 4.79 Å². The van der Waals surface area contributed by atoms with Gasteiger partial charge in [-0.25, -0.2) is 4.98 Å². The van der Waals surface area contributed by atoms with Crippen LogP contribution in [0.25, 0.3) is 0 Å². The Labute approximate surface area is 94.5 Å². The normalized spacial score (nSPS) is 16.0. The lowest BCUT2D eigenvalue weighted by Gasteiger charge is -2.27. The lowest BCUT2D eigenvalue weighted by molar-refractivity contribution is -0.118. The first kappa shape index (κ1) is 10.6. The molecule has 2 rings (SSSR count). The molecule has 1 aliphatic rings. The third kappa shape index (κ3) is 2.03. The number of rotatable bonds is 1. The molecule has 82 valence electrons. The highest BCUT2D eigenvalue weighted by molar-refractivity contribution is 5.84. The van der Waals surface area contributed by atoms with Crippen molar-refractivity contribution in [1.29, 1.82) is 5.26 Å². The van der Waals surface area contributed by atoms with Crippen molar-refractivity contribution >= 4 is 11.6 Å². The molecular formula is C12H13N3O. The van der Waals surface area contributed by atoms with Gasteiger partial charge < -0.3 is 4.90 Å². The summed E-state index contributed by atoms with van der Waals surface area (Å²) >= 11 is 0. The number of piperidine rings is 1. The summed E-state index contributed by atoms with van der Waals surface area (Å²) in [6.07, 6.45) is 1.49. The minimum absolute atomic E-state index is 0.221. The molecule has 1 aliphatic heterocycles. The van der Waals surface area contributed by atoms with Crippen LogP contribution in [-0.4, -0.2) is 23.9 Å². The third-order valence-electron chi connectivity index (χ3n) is 2.69. The Kier molecular flexibility index (Phi) is 2.86. The van der Waals surface area contributed by atoms with E-state index < -0.39 is 0 Å². The predicted molar refractivity (Wildman–Crippen MR) is 60.1 cm³/mol. The zero-order chi connectivity index (χ0) is 11.5. The fourth-order valence-corrected chi connectivity index (χ4v) is 1.89. The monoisotopic (exact) mass is 215 g/mol. The SMILES string of the molecule is Cc1ccc(C#N)c(N2CCCC(=O)C2)n1. The van der Waals surface area contributed by atoms with E-state index >= 15 is 0 Å². The molecule has 4 nitrogen and oxygen atoms in total. The van der Waals surface area contributed by atoms with Gasteiger partial charge in [-0.05, 0) is 25.5 Å². The average Bonchev–Trinajstić information content (AvgIpc) is 2.29. The van der Waals surface area contributed by atoms with Crippen molar-refractivity contribution in [1.82, 2.24) is 4.98 Å². The Morgan fingerprint density at radius 3 is 3.00 bits per heavy atom. The maximum atomic E-state index is 11.4. The Balaban J connectivity index is 2.35. The first-order valence-corrected chi connectivity index (χ1v) is 5.35. The van der Waals surface area contributed by atoms with E-state index in [2.05, 4.69) is 11.1 Å². The number of Topliss-reactive ketones (excluding diaryl/α,β-unsaturated/α-hetero) is 1. The second-order valence-corrected chi connectivity index (χ2v) is 4.00. The Morgan fingerprint density at radius 1 is 1.50 bits per heavy atom. The average molecular weight is 215 g/mol. The minimum Gasteiger partial charge on any atom is -0.348 e. The number of ketones is 1. The van der Waals surface area contributed by atoms with Gasteiger partial charge in [0.15, 0.2) is 5.78 Å². The molecule has 0 N–H and O–H groups in total. The molecule has 4 heteroatoms. The first-order chi connectivity index (χ1) is 7.70. The van der Waals surface area contributed by atoms with Crippen LogP contribution in [0, 0.1) is 18.3 Å². The van der Waals surface area contributed by atoms with Crippen LogP contribution in [0.2, 0.25) is 0 Å². The molecule has 0 aromatic carbocycles. The maximum absolute atomic E-state index is 11.4. The standard InChI is InChI=1S/C12H13N3O/c1-9-4-5-10(7-13)12(14-9)15-6-2-3-11(16)8-15/h4-5H,2-3,6,8H2,1H3. The molecule has 0 saturated carbocycles. The topological polar surface area (TPSA) is 57.0 Å². The molecule has 0 amide bonds. The van der Waals surface area contributed by atoms with E-state index in [0.29, 0.717) is 24.3 Å². The summed E-state index contributed by atoms with van der Waals surface area (Å²) in [5.74, 6) is 0.869. The van der Waals surface area contributed by atoms with Gasteiger partial charge in [0, 0.05) is 18.7 Å². The second-order valence-electron chi connectivity index (χ2n) is 4.00. The maximum Gasteiger partial charge on any atom is 0.152 e. The van der Waals surface area contributed by atoms with Crippen molar-refractivity contribution in [3.63, 3.8) is 0 Å². The lowest BCUT2D eigenvalue weighted by atomic mass is 10.1. The number of aryl methyl sites for hydroxylation is 1. The van der Waals surface area contributed by atoms with Crippen LogP contribution in [0.15, 0.2) is 12.1 Å². The van der Waals surface area contributed by atoms with E-state index in [0.717, 1.165) is 18.7 Å². The third-order valence-corrected chi connectivity index (χ3v) is 2.69. The quantitative estimate of drug-likeness (QED) is 0.711. The molecule has 0 atom stereocenters. The zero-order valence-corrected chi connectivity index (χ0v) is 9.23. The van der Waals surface area contributed by atoms with Gasteiger partial charge in [-0.1, -0.05) is 0 Å². The fourth-order valence-electron chi connectivity index (χ4n) is 1.89. The minimum atomic E-state index is 0.221. The molecule has 0 spiro atoms. The van der Waals surface area contributed by atoms with E-state index in [-0.39, 0.29) is 5.78 Å². The number of nitriles is 1. The molecule has 0 unspecified atom stereocenters. The van der Waals surface area contributed by atoms with Crippen LogP contribution in [0.3, 0.4) is 0 Å². The Bertz CT molecular complexity index is 462. The highest BCUT2D eigenvalue weighted by atomic mass is 16.1. The van der Waals surface area contributed by atoms with Crippen LogP contribution in [0.4, 0.5) is 5.82 Å². The summed E-state index contributed by atoms with van der Waals surface area (Å²) in [7, 11) is 0. The molecular weight excluding hydrogens is 202 g/mol. The van der Waals surface area contributed by atoms with Gasteiger partial charge in [-0.3, -0.25) is 4.79 Å². The first-order valence-electron chi connectivity index (χ1n) is 5.35. The highest BCUT2D eigenvalue weighted by Gasteiger charge is 2.20. The molecule has 0 radical (unpaired) electrons. The van der Waals surface area contributed by atoms with Crippen molar-refractivity contribution < 1.29 is 4.79 Å². The molecule has 1 aromatic heterocycles. The summed E-state index contributed by atoms with van der Waals surface area (Å²) in [6, 6.07) is 5.69. The molecule has 0 bridgehead atoms. The summed E-state index contributed by atoms with van der Waals surface area (Å²) < 4.78 is 0. The predicted octanol–water partition coefficient (Wildman–Crippen LogP) is 1.43. The van der Waals surface area contributed by atoms with Crippen molar-refractivity contribution in [2.45, 2.75) is 19.8 Å². The van der Waals surface area contributed by atoms with Crippen LogP contribution in [0.1, 0.15) is 24.1 Å². The number of nitrogens with zero attached hydrogens (tertiary/aromatic N) is 3. The fraction of sp³-hybridized carbons (Fsp3) is 0.417. The number of carbonyl (C=O) groups is 1. The molecule has 1 saturated heterocycles. The molecule has 0 aliphatic carbocycles. The van der Waals surface area contributed by atoms with Gasteiger partial charge in [0.25, 0.3) is 0 Å². The van der Waals surface area contributed by atoms with Gasteiger partial charge >= 0.3 is 0 Å². The van der Waals surface area contributed by atoms with Gasteiger partial charge in [-0.15, -0.1) is 0 Å². The van der Waals surface area contributed by atoms with E-state index in [1.165, 1.54) is 0 Å². The van der Waals surface area contributed by atoms with Crippen LogP contribution in [0.5, 0.6) is 0 Å². The van der Waals surface area contributed by atoms with Gasteiger partial charge in [0.2, 0.25) is 0 Å². The van der Waals surface area contributed by atoms with Crippen molar-refractivity contribution in [2.75, 3.05) is 18.0 Å². The van der Waals surface area contributed by atoms with Gasteiger partial charge in [0.05, 0.1) is 12.1 Å². The van der Waals surface area contributed by atoms with E-state index in [9.17, 15) is 4.79 Å². The van der Waals surface area contributed by atoms with Crippen LogP contribution < -0.4 is 4.90 Å². The Morgan fingerprint density at radius 2 is 2.31 bits per heavy atom. The van der Waals surface area contributed by atoms with E-state index in [1.807, 2.05) is 17.9 Å². The van der Waals surface area contributed by atoms with E-state index in [1.54, 1.807) is 6.07 Å². The second kappa shape index (κ2) is 4.31. The summed E-state index contributed by atoms with van der Waals surface area (Å²) in [5.41, 5.74) is 1.41. The lowest BCUT2D eigenvalue weighted by Crippen LogP contribution is -2.36. The number of hydrogen-bond donors (Lipinski definition) is 0. The molecule has 1 fully saturated rings. The van der Waals surface area contributed by atoms with E-state index in [4.69, 9.17) is 5.26 Å². The summed E-state index contributed by atoms with van der Waals surface area (Å²) in [6.45, 7) is 3.07. The summed E-state index contributed by atoms with van der Waals surface area (Å²) in [5, 5.41) is 9.00.